The van der Waals surface area contributed by atoms with E-state index in [1.807, 2.05) is 6.07 Å². The van der Waals surface area contributed by atoms with Gasteiger partial charge in [-0.1, -0.05) is 23.7 Å². The zero-order valence-electron chi connectivity index (χ0n) is 15.1. The molecule has 0 saturated heterocycles. The molecule has 2 aromatic heterocycles. The third-order valence-corrected chi connectivity index (χ3v) is 5.02. The van der Waals surface area contributed by atoms with Gasteiger partial charge in [-0.3, -0.25) is 9.20 Å². The van der Waals surface area contributed by atoms with E-state index in [2.05, 4.69) is 16.4 Å². The van der Waals surface area contributed by atoms with Crippen molar-refractivity contribution >= 4 is 46.1 Å². The number of anilines is 1. The van der Waals surface area contributed by atoms with Crippen molar-refractivity contribution in [3.8, 4) is 6.07 Å². The van der Waals surface area contributed by atoms with Crippen molar-refractivity contribution in [3.63, 3.8) is 0 Å². The Kier molecular flexibility index (Phi) is 4.41. The first-order valence-electron chi connectivity index (χ1n) is 8.56. The molecule has 8 heteroatoms. The number of imidazole rings is 1. The summed E-state index contributed by atoms with van der Waals surface area (Å²) in [4.78, 5) is 28.9. The maximum atomic E-state index is 13.2. The number of aromatic carboxylic acids is 1. The number of pyridine rings is 1. The van der Waals surface area contributed by atoms with E-state index in [4.69, 9.17) is 11.6 Å². The quantitative estimate of drug-likeness (QED) is 0.543. The molecule has 0 aliphatic carbocycles. The van der Waals surface area contributed by atoms with Crippen LogP contribution in [-0.2, 0) is 0 Å². The number of rotatable bonds is 3. The molecule has 0 spiro atoms. The van der Waals surface area contributed by atoms with Crippen LogP contribution >= 0.6 is 11.6 Å². The molecular formula is C21H13ClN4O3. The monoisotopic (exact) mass is 404 g/mol. The number of fused-ring (bicyclic) bond motifs is 3. The van der Waals surface area contributed by atoms with Gasteiger partial charge in [-0.05, 0) is 42.8 Å². The van der Waals surface area contributed by atoms with Gasteiger partial charge in [0, 0.05) is 11.9 Å². The van der Waals surface area contributed by atoms with Gasteiger partial charge < -0.3 is 10.4 Å². The van der Waals surface area contributed by atoms with E-state index < -0.39 is 5.97 Å². The van der Waals surface area contributed by atoms with E-state index in [1.165, 1.54) is 22.7 Å². The molecule has 4 aromatic rings. The fourth-order valence-electron chi connectivity index (χ4n) is 3.22. The van der Waals surface area contributed by atoms with Gasteiger partial charge in [0.25, 0.3) is 5.56 Å². The van der Waals surface area contributed by atoms with E-state index in [0.29, 0.717) is 33.5 Å². The van der Waals surface area contributed by atoms with Crippen molar-refractivity contribution in [3.05, 3.63) is 79.8 Å². The Bertz CT molecular complexity index is 1470. The molecule has 2 aromatic carbocycles. The summed E-state index contributed by atoms with van der Waals surface area (Å²) in [6, 6.07) is 13.7. The largest absolute Gasteiger partial charge is 0.478 e. The molecule has 142 valence electrons. The number of aromatic nitrogens is 2. The van der Waals surface area contributed by atoms with Crippen molar-refractivity contribution in [2.24, 2.45) is 0 Å². The maximum Gasteiger partial charge on any atom is 0.337 e. The first-order valence-corrected chi connectivity index (χ1v) is 8.93. The summed E-state index contributed by atoms with van der Waals surface area (Å²) in [6.07, 6.45) is 1.46. The van der Waals surface area contributed by atoms with E-state index in [0.717, 1.165) is 0 Å². The summed E-state index contributed by atoms with van der Waals surface area (Å²) < 4.78 is 1.42. The van der Waals surface area contributed by atoms with Gasteiger partial charge in [-0.25, -0.2) is 9.78 Å². The molecule has 2 N–H and O–H groups in total. The topological polar surface area (TPSA) is 107 Å². The van der Waals surface area contributed by atoms with Gasteiger partial charge in [0.15, 0.2) is 5.65 Å². The van der Waals surface area contributed by atoms with E-state index >= 15 is 0 Å². The Labute approximate surface area is 169 Å². The number of para-hydroxylation sites is 2. The average Bonchev–Trinajstić information content (AvgIpc) is 3.08. The highest BCUT2D eigenvalue weighted by molar-refractivity contribution is 6.33. The molecule has 7 nitrogen and oxygen atoms in total. The van der Waals surface area contributed by atoms with Crippen LogP contribution in [0.1, 0.15) is 21.5 Å². The third-order valence-electron chi connectivity index (χ3n) is 4.69. The Balaban J connectivity index is 1.96. The van der Waals surface area contributed by atoms with Gasteiger partial charge in [0.05, 0.1) is 32.4 Å². The number of hydrogen-bond donors (Lipinski definition) is 2. The molecule has 0 aliphatic heterocycles. The summed E-state index contributed by atoms with van der Waals surface area (Å²) in [5.41, 5.74) is 2.39. The molecule has 29 heavy (non-hydrogen) atoms. The second-order valence-electron chi connectivity index (χ2n) is 6.38. The normalized spacial score (nSPS) is 11.7. The standard InChI is InChI=1S/C21H13ClN4O3/c1-11-14(9-23)19-25-17-4-2-3-5-18(17)26(19)20(27)15(11)10-24-12-6-7-16(22)13(8-12)21(28)29/h2-8,10,24H,1H3,(H,28,29). The second kappa shape index (κ2) is 6.93. The highest BCUT2D eigenvalue weighted by Crippen LogP contribution is 2.21. The number of carboxylic acid groups (broad SMARTS) is 1. The number of carboxylic acids is 1. The van der Waals surface area contributed by atoms with E-state index in [1.54, 1.807) is 31.2 Å². The van der Waals surface area contributed by atoms with Crippen molar-refractivity contribution in [2.45, 2.75) is 6.92 Å². The zero-order valence-corrected chi connectivity index (χ0v) is 15.9. The van der Waals surface area contributed by atoms with Crippen LogP contribution in [0.2, 0.25) is 5.02 Å². The number of carbonyl (C=O) groups is 1. The molecule has 0 aliphatic rings. The summed E-state index contributed by atoms with van der Waals surface area (Å²) in [7, 11) is 0. The molecule has 2 heterocycles. The summed E-state index contributed by atoms with van der Waals surface area (Å²) in [5, 5.41) is 22.2. The van der Waals surface area contributed by atoms with E-state index in [-0.39, 0.29) is 21.4 Å². The molecule has 0 radical (unpaired) electrons. The fraction of sp³-hybridized carbons (Fsp3) is 0.0476. The van der Waals surface area contributed by atoms with Crippen molar-refractivity contribution in [1.29, 1.82) is 5.26 Å². The van der Waals surface area contributed by atoms with Crippen molar-refractivity contribution in [1.82, 2.24) is 9.38 Å². The molecule has 0 unspecified atom stereocenters. The Morgan fingerprint density at radius 3 is 2.79 bits per heavy atom. The third kappa shape index (κ3) is 2.96. The van der Waals surface area contributed by atoms with Crippen LogP contribution in [0.5, 0.6) is 0 Å². The van der Waals surface area contributed by atoms with Crippen LogP contribution in [0, 0.1) is 18.3 Å². The van der Waals surface area contributed by atoms with Crippen LogP contribution in [0.15, 0.2) is 47.3 Å². The average molecular weight is 405 g/mol. The molecule has 4 rings (SSSR count). The highest BCUT2D eigenvalue weighted by Gasteiger charge is 2.16. The van der Waals surface area contributed by atoms with Crippen LogP contribution in [0.25, 0.3) is 22.9 Å². The summed E-state index contributed by atoms with van der Waals surface area (Å²) in [5.74, 6) is -1.16. The van der Waals surface area contributed by atoms with Gasteiger partial charge >= 0.3 is 5.97 Å². The molecule has 0 saturated carbocycles. The van der Waals surface area contributed by atoms with Crippen molar-refractivity contribution < 1.29 is 9.90 Å². The Morgan fingerprint density at radius 1 is 1.31 bits per heavy atom. The lowest BCUT2D eigenvalue weighted by Crippen LogP contribution is -2.34. The first kappa shape index (κ1) is 18.5. The number of nitrogens with zero attached hydrogens (tertiary/aromatic N) is 3. The minimum absolute atomic E-state index is 0.0575. The smallest absolute Gasteiger partial charge is 0.337 e. The molecule has 0 bridgehead atoms. The SMILES string of the molecule is Cc1c(C#N)c2nc3ccccc3n2c(=O)c1=CNc1ccc(Cl)c(C(=O)O)c1. The predicted molar refractivity (Wildman–Crippen MR) is 110 cm³/mol. The number of nitrogens with one attached hydrogen (secondary N) is 1. The number of hydrogen-bond acceptors (Lipinski definition) is 5. The minimum atomic E-state index is -1.16. The van der Waals surface area contributed by atoms with Gasteiger partial charge in [0.2, 0.25) is 0 Å². The van der Waals surface area contributed by atoms with Crippen LogP contribution in [-0.4, -0.2) is 20.5 Å². The molecule has 0 amide bonds. The molecule has 0 atom stereocenters. The van der Waals surface area contributed by atoms with Crippen LogP contribution in [0.4, 0.5) is 5.69 Å². The lowest BCUT2D eigenvalue weighted by Gasteiger charge is -2.06. The highest BCUT2D eigenvalue weighted by atomic mass is 35.5. The number of halogens is 1. The Morgan fingerprint density at radius 2 is 2.07 bits per heavy atom. The minimum Gasteiger partial charge on any atom is -0.478 e. The van der Waals surface area contributed by atoms with Gasteiger partial charge in [0.1, 0.15) is 6.07 Å². The lowest BCUT2D eigenvalue weighted by atomic mass is 10.1. The number of nitriles is 1. The van der Waals surface area contributed by atoms with Crippen molar-refractivity contribution in [2.75, 3.05) is 5.32 Å². The Hall–Kier alpha value is -3.89. The predicted octanol–water partition coefficient (Wildman–Crippen LogP) is 2.95. The lowest BCUT2D eigenvalue weighted by molar-refractivity contribution is 0.0697. The molecular weight excluding hydrogens is 392 g/mol. The van der Waals surface area contributed by atoms with Gasteiger partial charge in [-0.15, -0.1) is 0 Å². The van der Waals surface area contributed by atoms with E-state index in [9.17, 15) is 20.0 Å². The maximum absolute atomic E-state index is 13.2. The second-order valence-corrected chi connectivity index (χ2v) is 6.79. The fourth-order valence-corrected chi connectivity index (χ4v) is 3.42. The van der Waals surface area contributed by atoms with Crippen LogP contribution < -0.4 is 16.1 Å². The van der Waals surface area contributed by atoms with Crippen LogP contribution in [0.3, 0.4) is 0 Å². The zero-order chi connectivity index (χ0) is 20.7. The number of benzene rings is 2. The first-order chi connectivity index (χ1) is 13.9. The van der Waals surface area contributed by atoms with Gasteiger partial charge in [-0.2, -0.15) is 5.26 Å². The summed E-state index contributed by atoms with van der Waals surface area (Å²) in [6.45, 7) is 1.68. The summed E-state index contributed by atoms with van der Waals surface area (Å²) >= 11 is 5.89. The molecule has 0 fully saturated rings.